The van der Waals surface area contributed by atoms with E-state index >= 15 is 0 Å². The minimum Gasteiger partial charge on any atom is -0.308 e. The van der Waals surface area contributed by atoms with Crippen LogP contribution in [0.3, 0.4) is 0 Å². The summed E-state index contributed by atoms with van der Waals surface area (Å²) in [5.41, 5.74) is 3.55. The van der Waals surface area contributed by atoms with Crippen LogP contribution in [-0.2, 0) is 27.2 Å². The molecule has 1 spiro atoms. The Bertz CT molecular complexity index is 1290. The Morgan fingerprint density at radius 3 is 0.951 bits per heavy atom. The summed E-state index contributed by atoms with van der Waals surface area (Å²) < 4.78 is 51.7. The molecule has 0 bridgehead atoms. The molecule has 2 fully saturated rings. The molecular formula is C33H34O6P2. The van der Waals surface area contributed by atoms with Gasteiger partial charge in [0.15, 0.2) is 0 Å². The molecule has 0 aromatic heterocycles. The van der Waals surface area contributed by atoms with Gasteiger partial charge in [-0.3, -0.25) is 9.13 Å². The Morgan fingerprint density at radius 1 is 0.463 bits per heavy atom. The lowest BCUT2D eigenvalue weighted by molar-refractivity contribution is -0.0686. The van der Waals surface area contributed by atoms with Crippen LogP contribution in [0.5, 0.6) is 0 Å². The molecule has 41 heavy (non-hydrogen) atoms. The van der Waals surface area contributed by atoms with Crippen molar-refractivity contribution in [2.24, 2.45) is 5.41 Å². The van der Waals surface area contributed by atoms with Crippen molar-refractivity contribution >= 4 is 15.2 Å². The van der Waals surface area contributed by atoms with Crippen molar-refractivity contribution < 1.29 is 27.2 Å². The van der Waals surface area contributed by atoms with Gasteiger partial charge in [-0.15, -0.1) is 0 Å². The van der Waals surface area contributed by atoms with E-state index in [4.69, 9.17) is 18.1 Å². The van der Waals surface area contributed by atoms with Crippen molar-refractivity contribution in [3.05, 3.63) is 144 Å². The van der Waals surface area contributed by atoms with Crippen molar-refractivity contribution in [2.75, 3.05) is 38.8 Å². The molecule has 6 rings (SSSR count). The highest BCUT2D eigenvalue weighted by molar-refractivity contribution is 7.54. The van der Waals surface area contributed by atoms with Crippen LogP contribution in [0.2, 0.25) is 0 Å². The van der Waals surface area contributed by atoms with E-state index in [1.807, 2.05) is 121 Å². The lowest BCUT2D eigenvalue weighted by Crippen LogP contribution is -2.46. The normalized spacial score (nSPS) is 26.4. The van der Waals surface area contributed by atoms with Gasteiger partial charge in [0.1, 0.15) is 0 Å². The minimum absolute atomic E-state index is 0.135. The van der Waals surface area contributed by atoms with E-state index in [0.29, 0.717) is 0 Å². The van der Waals surface area contributed by atoms with E-state index in [1.54, 1.807) is 0 Å². The zero-order valence-electron chi connectivity index (χ0n) is 22.8. The first-order valence-corrected chi connectivity index (χ1v) is 17.4. The van der Waals surface area contributed by atoms with Gasteiger partial charge in [-0.05, 0) is 22.3 Å². The molecule has 0 unspecified atom stereocenters. The monoisotopic (exact) mass is 588 g/mol. The van der Waals surface area contributed by atoms with E-state index < -0.39 is 20.6 Å². The van der Waals surface area contributed by atoms with E-state index in [-0.39, 0.29) is 50.6 Å². The molecule has 0 amide bonds. The third-order valence-corrected chi connectivity index (χ3v) is 11.6. The summed E-state index contributed by atoms with van der Waals surface area (Å²) in [4.78, 5) is 0. The first kappa shape index (κ1) is 28.3. The first-order chi connectivity index (χ1) is 20.0. The second-order valence-corrected chi connectivity index (χ2v) is 15.1. The standard InChI is InChI=1S/C33H34O6P2/c34-40(21-31(27-13-5-1-6-14-27)28-15-7-2-8-16-28)36-23-33(24-37-40)25-38-41(35,39-26-33)22-32(29-17-9-3-10-18-29)30-19-11-4-12-20-30/h1-20,31-32H,21-26H2. The second kappa shape index (κ2) is 12.2. The minimum atomic E-state index is -3.41. The van der Waals surface area contributed by atoms with Gasteiger partial charge >= 0.3 is 15.2 Å². The molecule has 0 atom stereocenters. The van der Waals surface area contributed by atoms with Crippen molar-refractivity contribution in [2.45, 2.75) is 11.8 Å². The van der Waals surface area contributed by atoms with Crippen LogP contribution < -0.4 is 0 Å². The molecule has 0 radical (unpaired) electrons. The van der Waals surface area contributed by atoms with Crippen LogP contribution in [0, 0.1) is 5.41 Å². The molecule has 2 heterocycles. The van der Waals surface area contributed by atoms with Gasteiger partial charge in [0.2, 0.25) is 0 Å². The predicted molar refractivity (Wildman–Crippen MR) is 161 cm³/mol. The Kier molecular flexibility index (Phi) is 8.42. The largest absolute Gasteiger partial charge is 0.331 e. The van der Waals surface area contributed by atoms with Gasteiger partial charge in [-0.1, -0.05) is 121 Å². The number of hydrogen-bond acceptors (Lipinski definition) is 6. The highest BCUT2D eigenvalue weighted by Gasteiger charge is 2.49. The quantitative estimate of drug-likeness (QED) is 0.194. The summed E-state index contributed by atoms with van der Waals surface area (Å²) in [6, 6.07) is 40.0. The molecule has 2 aliphatic rings. The van der Waals surface area contributed by atoms with Crippen LogP contribution in [0.25, 0.3) is 0 Å². The van der Waals surface area contributed by atoms with Crippen LogP contribution in [0.1, 0.15) is 34.1 Å². The van der Waals surface area contributed by atoms with Gasteiger partial charge in [0, 0.05) is 11.8 Å². The molecule has 212 valence electrons. The van der Waals surface area contributed by atoms with Gasteiger partial charge in [-0.2, -0.15) is 0 Å². The molecule has 2 aliphatic heterocycles. The van der Waals surface area contributed by atoms with Crippen molar-refractivity contribution in [1.82, 2.24) is 0 Å². The fraction of sp³-hybridized carbons (Fsp3) is 0.273. The third kappa shape index (κ3) is 6.65. The first-order valence-electron chi connectivity index (χ1n) is 13.9. The molecule has 0 saturated carbocycles. The maximum Gasteiger partial charge on any atom is 0.331 e. The van der Waals surface area contributed by atoms with Crippen LogP contribution in [-0.4, -0.2) is 38.8 Å². The molecule has 8 heteroatoms. The summed E-state index contributed by atoms with van der Waals surface area (Å²) in [7, 11) is -6.82. The fourth-order valence-corrected chi connectivity index (χ4v) is 9.66. The van der Waals surface area contributed by atoms with E-state index in [1.165, 1.54) is 0 Å². The number of hydrogen-bond donors (Lipinski definition) is 0. The topological polar surface area (TPSA) is 71.1 Å². The molecule has 6 nitrogen and oxygen atoms in total. The molecular weight excluding hydrogens is 554 g/mol. The fourth-order valence-electron chi connectivity index (χ4n) is 5.47. The van der Waals surface area contributed by atoms with Gasteiger partial charge < -0.3 is 18.1 Å². The highest BCUT2D eigenvalue weighted by atomic mass is 31.2. The van der Waals surface area contributed by atoms with E-state index in [2.05, 4.69) is 0 Å². The molecule has 0 aliphatic carbocycles. The van der Waals surface area contributed by atoms with Crippen molar-refractivity contribution in [3.8, 4) is 0 Å². The van der Waals surface area contributed by atoms with Crippen molar-refractivity contribution in [1.29, 1.82) is 0 Å². The molecule has 2 saturated heterocycles. The zero-order valence-corrected chi connectivity index (χ0v) is 24.6. The Labute approximate surface area is 241 Å². The zero-order chi connectivity index (χ0) is 28.2. The Balaban J connectivity index is 1.12. The summed E-state index contributed by atoms with van der Waals surface area (Å²) >= 11 is 0. The predicted octanol–water partition coefficient (Wildman–Crippen LogP) is 8.12. The third-order valence-electron chi connectivity index (χ3n) is 7.89. The summed E-state index contributed by atoms with van der Waals surface area (Å²) in [5.74, 6) is -0.270. The summed E-state index contributed by atoms with van der Waals surface area (Å²) in [6.45, 7) is 0.617. The molecule has 4 aromatic rings. The van der Waals surface area contributed by atoms with Gasteiger partial charge in [-0.25, -0.2) is 0 Å². The summed E-state index contributed by atoms with van der Waals surface area (Å²) in [6.07, 6.45) is 0.459. The number of benzene rings is 4. The van der Waals surface area contributed by atoms with E-state index in [0.717, 1.165) is 22.3 Å². The number of rotatable bonds is 8. The lowest BCUT2D eigenvalue weighted by atomic mass is 9.93. The highest BCUT2D eigenvalue weighted by Crippen LogP contribution is 2.61. The Morgan fingerprint density at radius 2 is 0.707 bits per heavy atom. The van der Waals surface area contributed by atoms with E-state index in [9.17, 15) is 9.13 Å². The summed E-state index contributed by atoms with van der Waals surface area (Å²) in [5, 5.41) is 0. The van der Waals surface area contributed by atoms with Gasteiger partial charge in [0.25, 0.3) is 0 Å². The van der Waals surface area contributed by atoms with Crippen molar-refractivity contribution in [3.63, 3.8) is 0 Å². The smallest absolute Gasteiger partial charge is 0.308 e. The second-order valence-electron chi connectivity index (χ2n) is 10.9. The van der Waals surface area contributed by atoms with Gasteiger partial charge in [0.05, 0.1) is 44.2 Å². The Hall–Kier alpha value is -2.82. The maximum absolute atomic E-state index is 13.8. The molecule has 4 aromatic carbocycles. The SMILES string of the molecule is O=P1(CC(c2ccccc2)c2ccccc2)OCC2(CO1)COP(=O)(CC(c1ccccc1)c1ccccc1)OC2. The lowest BCUT2D eigenvalue weighted by Gasteiger charge is -2.43. The average molecular weight is 589 g/mol. The van der Waals surface area contributed by atoms with Crippen LogP contribution in [0.15, 0.2) is 121 Å². The maximum atomic E-state index is 13.8. The molecule has 0 N–H and O–H groups in total. The average Bonchev–Trinajstić information content (AvgIpc) is 3.04. The van der Waals surface area contributed by atoms with Crippen LogP contribution >= 0.6 is 15.2 Å². The van der Waals surface area contributed by atoms with Crippen LogP contribution in [0.4, 0.5) is 0 Å².